The fourth-order valence-electron chi connectivity index (χ4n) is 1.69. The van der Waals surface area contributed by atoms with Crippen molar-refractivity contribution in [3.05, 3.63) is 23.9 Å². The summed E-state index contributed by atoms with van der Waals surface area (Å²) in [6.45, 7) is 7.70. The summed E-state index contributed by atoms with van der Waals surface area (Å²) >= 11 is 0. The first-order chi connectivity index (χ1) is 9.91. The van der Waals surface area contributed by atoms with Crippen molar-refractivity contribution in [1.82, 2.24) is 4.98 Å². The van der Waals surface area contributed by atoms with E-state index in [0.29, 0.717) is 5.59 Å². The number of carbonyl (C=O) groups is 1. The average Bonchev–Trinajstić information content (AvgIpc) is 2.56. The van der Waals surface area contributed by atoms with Gasteiger partial charge in [0.15, 0.2) is 0 Å². The fraction of sp³-hybridized carbons (Fsp3) is 0.538. The van der Waals surface area contributed by atoms with Crippen LogP contribution in [0.25, 0.3) is 0 Å². The first-order valence-electron chi connectivity index (χ1n) is 7.46. The van der Waals surface area contributed by atoms with E-state index < -0.39 is 31.3 Å². The van der Waals surface area contributed by atoms with Gasteiger partial charge in [-0.2, -0.15) is 0 Å². The molecule has 0 saturated carbocycles. The normalized spacial score (nSPS) is 23.4. The number of pyridine rings is 1. The molecule has 0 aromatic carbocycles. The van der Waals surface area contributed by atoms with Gasteiger partial charge in [-0.1, -0.05) is 0 Å². The minimum Gasteiger partial charge on any atom is -0.465 e. The summed E-state index contributed by atoms with van der Waals surface area (Å²) in [5.41, 5.74) is -0.420. The lowest BCUT2D eigenvalue weighted by atomic mass is 9.84. The number of methoxy groups -OCH3 is 1. The maximum Gasteiger partial charge on any atom is 0.514 e. The molecule has 6 heteroatoms. The molecule has 1 saturated heterocycles. The van der Waals surface area contributed by atoms with Gasteiger partial charge in [0.25, 0.3) is 0 Å². The van der Waals surface area contributed by atoms with Crippen molar-refractivity contribution in [3.63, 3.8) is 0 Å². The van der Waals surface area contributed by atoms with Crippen molar-refractivity contribution in [3.8, 4) is 0 Å². The Kier molecular flexibility index (Phi) is 2.53. The highest BCUT2D eigenvalue weighted by atomic mass is 16.7. The molecule has 5 nitrogen and oxygen atoms in total. The van der Waals surface area contributed by atoms with Crippen LogP contribution in [0.15, 0.2) is 18.3 Å². The van der Waals surface area contributed by atoms with Crippen LogP contribution in [0.4, 0.5) is 0 Å². The molecule has 1 aliphatic heterocycles. The maximum absolute atomic E-state index is 11.6. The molecule has 0 N–H and O–H groups in total. The van der Waals surface area contributed by atoms with E-state index in [0.717, 1.165) is 0 Å². The smallest absolute Gasteiger partial charge is 0.465 e. The van der Waals surface area contributed by atoms with E-state index in [1.54, 1.807) is 6.07 Å². The molecule has 0 atom stereocenters. The number of ether oxygens (including phenoxy) is 1. The van der Waals surface area contributed by atoms with E-state index in [-0.39, 0.29) is 5.56 Å². The van der Waals surface area contributed by atoms with Gasteiger partial charge < -0.3 is 14.0 Å². The second-order valence-corrected chi connectivity index (χ2v) is 5.45. The van der Waals surface area contributed by atoms with Gasteiger partial charge in [0, 0.05) is 6.20 Å². The summed E-state index contributed by atoms with van der Waals surface area (Å²) in [4.78, 5) is 15.7. The first-order valence-corrected chi connectivity index (χ1v) is 5.96. The van der Waals surface area contributed by atoms with Gasteiger partial charge in [-0.25, -0.2) is 4.79 Å². The molecule has 1 aliphatic rings. The number of hydrogen-bond donors (Lipinski definition) is 0. The Bertz CT molecular complexity index is 556. The number of carbonyl (C=O) groups excluding carboxylic acids is 1. The van der Waals surface area contributed by atoms with E-state index >= 15 is 0 Å². The number of aromatic nitrogens is 1. The molecule has 1 aromatic heterocycles. The van der Waals surface area contributed by atoms with Crippen LogP contribution in [0, 0.1) is 0 Å². The van der Waals surface area contributed by atoms with E-state index in [1.807, 2.05) is 27.7 Å². The zero-order chi connectivity index (χ0) is 16.8. The number of rotatable bonds is 2. The highest BCUT2D eigenvalue weighted by molar-refractivity contribution is 6.61. The third-order valence-corrected chi connectivity index (χ3v) is 3.61. The molecule has 1 fully saturated rings. The largest absolute Gasteiger partial charge is 0.514 e. The van der Waals surface area contributed by atoms with E-state index in [4.69, 9.17) is 13.4 Å². The SMILES string of the molecule is [2H]C([2H])([2H])OC(=O)c1ccc(B2OC(C)(C)C(C)(C)O2)nc1. The van der Waals surface area contributed by atoms with Crippen LogP contribution in [0.2, 0.25) is 0 Å². The van der Waals surface area contributed by atoms with Crippen molar-refractivity contribution >= 4 is 18.7 Å². The minimum atomic E-state index is -2.78. The average molecular weight is 266 g/mol. The molecule has 19 heavy (non-hydrogen) atoms. The van der Waals surface area contributed by atoms with Crippen LogP contribution in [0.5, 0.6) is 0 Å². The Balaban J connectivity index is 2.12. The Morgan fingerprint density at radius 3 is 2.42 bits per heavy atom. The van der Waals surface area contributed by atoms with Crippen molar-refractivity contribution in [1.29, 1.82) is 0 Å². The Morgan fingerprint density at radius 2 is 1.95 bits per heavy atom. The van der Waals surface area contributed by atoms with Crippen LogP contribution < -0.4 is 5.59 Å². The summed E-state index contributed by atoms with van der Waals surface area (Å²) in [5.74, 6) is -0.951. The summed E-state index contributed by atoms with van der Waals surface area (Å²) in [5, 5.41) is 0. The van der Waals surface area contributed by atoms with Crippen molar-refractivity contribution in [2.75, 3.05) is 7.04 Å². The molecule has 102 valence electrons. The maximum atomic E-state index is 11.6. The molecule has 2 rings (SSSR count). The predicted octanol–water partition coefficient (Wildman–Crippen LogP) is 1.17. The molecule has 0 radical (unpaired) electrons. The minimum absolute atomic E-state index is 0.0522. The zero-order valence-electron chi connectivity index (χ0n) is 14.4. The van der Waals surface area contributed by atoms with Gasteiger partial charge in [-0.05, 0) is 39.8 Å². The van der Waals surface area contributed by atoms with Crippen molar-refractivity contribution in [2.45, 2.75) is 38.9 Å². The first kappa shape index (κ1) is 10.4. The van der Waals surface area contributed by atoms with E-state index in [9.17, 15) is 4.79 Å². The molecular weight excluding hydrogens is 245 g/mol. The molecule has 0 bridgehead atoms. The quantitative estimate of drug-likeness (QED) is 0.594. The Hall–Kier alpha value is -1.40. The van der Waals surface area contributed by atoms with Crippen LogP contribution in [0.1, 0.15) is 42.2 Å². The van der Waals surface area contributed by atoms with Crippen molar-refractivity contribution in [2.24, 2.45) is 0 Å². The highest BCUT2D eigenvalue weighted by Gasteiger charge is 2.52. The summed E-state index contributed by atoms with van der Waals surface area (Å²) < 4.78 is 36.7. The summed E-state index contributed by atoms with van der Waals surface area (Å²) in [6.07, 6.45) is 1.24. The van der Waals surface area contributed by atoms with Gasteiger partial charge in [0.2, 0.25) is 0 Å². The van der Waals surface area contributed by atoms with Crippen LogP contribution in [0.3, 0.4) is 0 Å². The monoisotopic (exact) mass is 266 g/mol. The number of hydrogen-bond acceptors (Lipinski definition) is 5. The highest BCUT2D eigenvalue weighted by Crippen LogP contribution is 2.36. The molecule has 0 unspecified atom stereocenters. The third kappa shape index (κ3) is 2.50. The Labute approximate surface area is 117 Å². The van der Waals surface area contributed by atoms with Gasteiger partial charge >= 0.3 is 13.1 Å². The molecule has 2 heterocycles. The lowest BCUT2D eigenvalue weighted by Crippen LogP contribution is -2.41. The Morgan fingerprint density at radius 1 is 1.32 bits per heavy atom. The zero-order valence-corrected chi connectivity index (χ0v) is 11.4. The third-order valence-electron chi connectivity index (χ3n) is 3.61. The number of nitrogens with zero attached hydrogens (tertiary/aromatic N) is 1. The lowest BCUT2D eigenvalue weighted by molar-refractivity contribution is 0.00578. The van der Waals surface area contributed by atoms with Crippen LogP contribution in [-0.2, 0) is 14.0 Å². The predicted molar refractivity (Wildman–Crippen MR) is 71.3 cm³/mol. The van der Waals surface area contributed by atoms with E-state index in [1.165, 1.54) is 12.3 Å². The standard InChI is InChI=1S/C13H18BNO4/c1-12(2)13(3,4)19-14(18-12)10-7-6-9(8-15-10)11(16)17-5/h6-8H,1-5H3/i5D3. The molecule has 0 spiro atoms. The van der Waals surface area contributed by atoms with E-state index in [2.05, 4.69) is 9.72 Å². The van der Waals surface area contributed by atoms with Gasteiger partial charge in [-0.3, -0.25) is 4.98 Å². The fourth-order valence-corrected chi connectivity index (χ4v) is 1.69. The van der Waals surface area contributed by atoms with Gasteiger partial charge in [0.05, 0.1) is 33.5 Å². The van der Waals surface area contributed by atoms with Crippen LogP contribution in [-0.4, -0.2) is 36.3 Å². The van der Waals surface area contributed by atoms with Gasteiger partial charge in [-0.15, -0.1) is 0 Å². The lowest BCUT2D eigenvalue weighted by Gasteiger charge is -2.32. The van der Waals surface area contributed by atoms with Crippen LogP contribution >= 0.6 is 0 Å². The topological polar surface area (TPSA) is 57.7 Å². The molecule has 1 aromatic rings. The second kappa shape index (κ2) is 4.61. The molecule has 0 aliphatic carbocycles. The second-order valence-electron chi connectivity index (χ2n) is 5.45. The molecular formula is C13H18BNO4. The van der Waals surface area contributed by atoms with Gasteiger partial charge in [0.1, 0.15) is 0 Å². The summed E-state index contributed by atoms with van der Waals surface area (Å²) in [6, 6.07) is 2.99. The number of esters is 1. The summed E-state index contributed by atoms with van der Waals surface area (Å²) in [7, 11) is -3.42. The molecule has 0 amide bonds. The van der Waals surface area contributed by atoms with Crippen molar-refractivity contribution < 1.29 is 23.0 Å².